The maximum absolute atomic E-state index is 6.21. The summed E-state index contributed by atoms with van der Waals surface area (Å²) >= 11 is 2.10. The number of ether oxygens (including phenoxy) is 1. The third kappa shape index (κ3) is 4.37. The van der Waals surface area contributed by atoms with Crippen LogP contribution in [0, 0.1) is 11.8 Å². The van der Waals surface area contributed by atoms with Gasteiger partial charge in [0.25, 0.3) is 0 Å². The van der Waals surface area contributed by atoms with Crippen molar-refractivity contribution in [3.05, 3.63) is 0 Å². The minimum atomic E-state index is 0.254. The first-order valence-electron chi connectivity index (χ1n) is 8.10. The van der Waals surface area contributed by atoms with Crippen LogP contribution in [-0.2, 0) is 4.74 Å². The van der Waals surface area contributed by atoms with Gasteiger partial charge in [-0.25, -0.2) is 0 Å². The Bertz CT molecular complexity index is 260. The molecule has 19 heavy (non-hydrogen) atoms. The highest BCUT2D eigenvalue weighted by Crippen LogP contribution is 2.42. The molecule has 2 aliphatic heterocycles. The fourth-order valence-electron chi connectivity index (χ4n) is 3.83. The van der Waals surface area contributed by atoms with Crippen molar-refractivity contribution in [3.63, 3.8) is 0 Å². The first-order valence-corrected chi connectivity index (χ1v) is 9.26. The first-order chi connectivity index (χ1) is 9.15. The van der Waals surface area contributed by atoms with E-state index in [9.17, 15) is 0 Å². The fourth-order valence-corrected chi connectivity index (χ4v) is 5.06. The summed E-state index contributed by atoms with van der Waals surface area (Å²) < 4.78 is 6.21. The Balaban J connectivity index is 1.85. The molecule has 0 amide bonds. The molecule has 2 aliphatic rings. The van der Waals surface area contributed by atoms with Crippen molar-refractivity contribution in [1.29, 1.82) is 0 Å². The first kappa shape index (κ1) is 15.7. The average Bonchev–Trinajstić information content (AvgIpc) is 2.40. The molecule has 1 N–H and O–H groups in total. The molecule has 3 unspecified atom stereocenters. The quantitative estimate of drug-likeness (QED) is 0.832. The molecule has 3 atom stereocenters. The van der Waals surface area contributed by atoms with Gasteiger partial charge in [-0.2, -0.15) is 11.8 Å². The predicted molar refractivity (Wildman–Crippen MR) is 84.9 cm³/mol. The van der Waals surface area contributed by atoms with Crippen molar-refractivity contribution in [2.45, 2.75) is 64.5 Å². The van der Waals surface area contributed by atoms with Crippen LogP contribution in [0.1, 0.15) is 52.9 Å². The number of rotatable bonds is 5. The third-order valence-electron chi connectivity index (χ3n) is 5.02. The van der Waals surface area contributed by atoms with Crippen LogP contribution in [0.3, 0.4) is 0 Å². The Kier molecular flexibility index (Phi) is 6.04. The zero-order valence-electron chi connectivity index (χ0n) is 12.9. The van der Waals surface area contributed by atoms with Gasteiger partial charge >= 0.3 is 0 Å². The van der Waals surface area contributed by atoms with E-state index in [4.69, 9.17) is 4.74 Å². The van der Waals surface area contributed by atoms with Crippen LogP contribution < -0.4 is 5.32 Å². The van der Waals surface area contributed by atoms with E-state index >= 15 is 0 Å². The van der Waals surface area contributed by atoms with E-state index in [1.165, 1.54) is 43.6 Å². The van der Waals surface area contributed by atoms with E-state index in [0.29, 0.717) is 6.04 Å². The Morgan fingerprint density at radius 1 is 1.32 bits per heavy atom. The molecule has 0 radical (unpaired) electrons. The molecule has 0 aromatic carbocycles. The Morgan fingerprint density at radius 3 is 2.74 bits per heavy atom. The van der Waals surface area contributed by atoms with Crippen LogP contribution >= 0.6 is 11.8 Å². The van der Waals surface area contributed by atoms with Crippen LogP contribution in [0.5, 0.6) is 0 Å². The second-order valence-corrected chi connectivity index (χ2v) is 7.79. The van der Waals surface area contributed by atoms with Crippen molar-refractivity contribution in [2.75, 3.05) is 24.7 Å². The van der Waals surface area contributed by atoms with Crippen molar-refractivity contribution in [1.82, 2.24) is 5.32 Å². The largest absolute Gasteiger partial charge is 0.375 e. The Morgan fingerprint density at radius 2 is 2.05 bits per heavy atom. The predicted octanol–water partition coefficient (Wildman–Crippen LogP) is 3.70. The lowest BCUT2D eigenvalue weighted by molar-refractivity contribution is -0.110. The van der Waals surface area contributed by atoms with E-state index < -0.39 is 0 Å². The van der Waals surface area contributed by atoms with Crippen molar-refractivity contribution >= 4 is 11.8 Å². The van der Waals surface area contributed by atoms with Crippen molar-refractivity contribution in [3.8, 4) is 0 Å². The number of thioether (sulfide) groups is 1. The summed E-state index contributed by atoms with van der Waals surface area (Å²) in [6.45, 7) is 9.06. The van der Waals surface area contributed by atoms with Gasteiger partial charge in [-0.05, 0) is 68.9 Å². The lowest BCUT2D eigenvalue weighted by Gasteiger charge is -2.45. The van der Waals surface area contributed by atoms with Gasteiger partial charge in [-0.3, -0.25) is 0 Å². The van der Waals surface area contributed by atoms with E-state index in [2.05, 4.69) is 37.8 Å². The smallest absolute Gasteiger partial charge is 0.0701 e. The monoisotopic (exact) mass is 285 g/mol. The molecule has 2 fully saturated rings. The zero-order valence-corrected chi connectivity index (χ0v) is 13.7. The van der Waals surface area contributed by atoms with Crippen LogP contribution in [0.25, 0.3) is 0 Å². The van der Waals surface area contributed by atoms with Crippen LogP contribution in [0.2, 0.25) is 0 Å². The maximum Gasteiger partial charge on any atom is 0.0701 e. The molecule has 0 bridgehead atoms. The summed E-state index contributed by atoms with van der Waals surface area (Å²) in [6, 6.07) is 0.653. The molecule has 3 heteroatoms. The molecule has 2 saturated heterocycles. The van der Waals surface area contributed by atoms with E-state index in [1.807, 2.05) is 0 Å². The molecule has 2 heterocycles. The van der Waals surface area contributed by atoms with Gasteiger partial charge in [0.05, 0.1) is 5.60 Å². The second kappa shape index (κ2) is 7.33. The standard InChI is InChI=1S/C16H31NOS/c1-4-17-14(3)11-13(2)15-5-8-18-16(12-15)6-9-19-10-7-16/h13-15,17H,4-12H2,1-3H3. The number of nitrogens with one attached hydrogen (secondary N) is 1. The van der Waals surface area contributed by atoms with Crippen molar-refractivity contribution in [2.24, 2.45) is 11.8 Å². The minimum absolute atomic E-state index is 0.254. The third-order valence-corrected chi connectivity index (χ3v) is 6.00. The molecule has 1 spiro atoms. The van der Waals surface area contributed by atoms with Crippen LogP contribution in [-0.4, -0.2) is 36.3 Å². The molecule has 0 aromatic heterocycles. The zero-order chi connectivity index (χ0) is 13.7. The molecule has 0 aromatic rings. The molecular formula is C16H31NOS. The summed E-state index contributed by atoms with van der Waals surface area (Å²) in [7, 11) is 0. The number of hydrogen-bond acceptors (Lipinski definition) is 3. The van der Waals surface area contributed by atoms with Gasteiger partial charge in [0, 0.05) is 12.6 Å². The summed E-state index contributed by atoms with van der Waals surface area (Å²) in [5.41, 5.74) is 0.254. The number of hydrogen-bond donors (Lipinski definition) is 1. The van der Waals surface area contributed by atoms with Gasteiger partial charge in [0.2, 0.25) is 0 Å². The lowest BCUT2D eigenvalue weighted by atomic mass is 9.75. The van der Waals surface area contributed by atoms with Crippen LogP contribution in [0.15, 0.2) is 0 Å². The topological polar surface area (TPSA) is 21.3 Å². The normalized spacial score (nSPS) is 30.2. The van der Waals surface area contributed by atoms with Crippen LogP contribution in [0.4, 0.5) is 0 Å². The van der Waals surface area contributed by atoms with E-state index in [0.717, 1.165) is 25.0 Å². The Labute approximate surface area is 123 Å². The highest BCUT2D eigenvalue weighted by Gasteiger charge is 2.40. The summed E-state index contributed by atoms with van der Waals surface area (Å²) in [5.74, 6) is 4.30. The molecular weight excluding hydrogens is 254 g/mol. The SMILES string of the molecule is CCNC(C)CC(C)C1CCOC2(CCSCC2)C1. The van der Waals surface area contributed by atoms with Gasteiger partial charge in [0.1, 0.15) is 0 Å². The summed E-state index contributed by atoms with van der Waals surface area (Å²) in [5, 5.41) is 3.55. The molecule has 2 nitrogen and oxygen atoms in total. The van der Waals surface area contributed by atoms with Gasteiger partial charge in [-0.15, -0.1) is 0 Å². The summed E-state index contributed by atoms with van der Waals surface area (Å²) in [6.07, 6.45) is 6.46. The molecule has 0 aliphatic carbocycles. The van der Waals surface area contributed by atoms with Gasteiger partial charge < -0.3 is 10.1 Å². The maximum atomic E-state index is 6.21. The molecule has 2 rings (SSSR count). The van der Waals surface area contributed by atoms with Gasteiger partial charge in [-0.1, -0.05) is 13.8 Å². The highest BCUT2D eigenvalue weighted by molar-refractivity contribution is 7.99. The highest BCUT2D eigenvalue weighted by atomic mass is 32.2. The molecule has 0 saturated carbocycles. The van der Waals surface area contributed by atoms with E-state index in [-0.39, 0.29) is 5.60 Å². The lowest BCUT2D eigenvalue weighted by Crippen LogP contribution is -2.44. The average molecular weight is 285 g/mol. The summed E-state index contributed by atoms with van der Waals surface area (Å²) in [4.78, 5) is 0. The van der Waals surface area contributed by atoms with E-state index in [1.54, 1.807) is 0 Å². The fraction of sp³-hybridized carbons (Fsp3) is 1.00. The second-order valence-electron chi connectivity index (χ2n) is 6.57. The van der Waals surface area contributed by atoms with Crippen molar-refractivity contribution < 1.29 is 4.74 Å². The van der Waals surface area contributed by atoms with Gasteiger partial charge in [0.15, 0.2) is 0 Å². The minimum Gasteiger partial charge on any atom is -0.375 e. The molecule has 112 valence electrons. The Hall–Kier alpha value is 0.270.